The molecular formula is C56H34N8. The van der Waals surface area contributed by atoms with E-state index in [1.165, 1.54) is 0 Å². The van der Waals surface area contributed by atoms with E-state index in [2.05, 4.69) is 94.9 Å². The average Bonchev–Trinajstić information content (AvgIpc) is 3.38. The number of pyridine rings is 8. The SMILES string of the molecule is c1cc2nc(c1)c1cccc3ccc(nc31)c1ccc3cccc(c4cccc2n4)c3n1.c1ccc(-c2cccc3ccc(-c4ccc5cccc(-c6ccccn6)c5n4)nc23)nc1. The van der Waals surface area contributed by atoms with Crippen molar-refractivity contribution < 1.29 is 0 Å². The summed E-state index contributed by atoms with van der Waals surface area (Å²) in [7, 11) is 0. The van der Waals surface area contributed by atoms with E-state index in [9.17, 15) is 0 Å². The van der Waals surface area contributed by atoms with Crippen molar-refractivity contribution in [3.05, 3.63) is 207 Å². The predicted octanol–water partition coefficient (Wildman–Crippen LogP) is 13.3. The van der Waals surface area contributed by atoms with Crippen LogP contribution >= 0.6 is 0 Å². The quantitative estimate of drug-likeness (QED) is 0.174. The Morgan fingerprint density at radius 1 is 0.219 bits per heavy atom. The molecule has 298 valence electrons. The molecule has 0 aliphatic rings. The molecule has 0 spiro atoms. The van der Waals surface area contributed by atoms with Crippen molar-refractivity contribution >= 4 is 87.5 Å². The molecular weight excluding hydrogens is 785 g/mol. The first-order chi connectivity index (χ1) is 31.7. The lowest BCUT2D eigenvalue weighted by atomic mass is 10.0. The zero-order valence-electron chi connectivity index (χ0n) is 34.2. The van der Waals surface area contributed by atoms with E-state index in [0.717, 1.165) is 121 Å². The zero-order chi connectivity index (χ0) is 42.4. The summed E-state index contributed by atoms with van der Waals surface area (Å²) in [4.78, 5) is 39.1. The van der Waals surface area contributed by atoms with Gasteiger partial charge in [-0.05, 0) is 72.8 Å². The molecule has 0 aliphatic carbocycles. The van der Waals surface area contributed by atoms with E-state index in [-0.39, 0.29) is 0 Å². The first kappa shape index (κ1) is 36.9. The minimum atomic E-state index is 0.832. The van der Waals surface area contributed by atoms with E-state index in [0.29, 0.717) is 0 Å². The number of rotatable bonds is 3. The highest BCUT2D eigenvalue weighted by Gasteiger charge is 2.13. The number of fused-ring (bicyclic) bond motifs is 12. The highest BCUT2D eigenvalue weighted by Crippen LogP contribution is 2.32. The van der Waals surface area contributed by atoms with Gasteiger partial charge in [-0.25, -0.2) is 29.9 Å². The van der Waals surface area contributed by atoms with Gasteiger partial charge in [-0.15, -0.1) is 0 Å². The van der Waals surface area contributed by atoms with E-state index >= 15 is 0 Å². The van der Waals surface area contributed by atoms with Crippen LogP contribution in [0.3, 0.4) is 0 Å². The summed E-state index contributed by atoms with van der Waals surface area (Å²) < 4.78 is 0. The van der Waals surface area contributed by atoms with Gasteiger partial charge in [0.15, 0.2) is 0 Å². The standard InChI is InChI=1S/C28H16N4.C28H18N4/c1-5-17-13-15-25-26-16-14-18-6-2-8-20(28(18)32-26)22-10-4-12-24(30-22)23-11-3-9-21(29-23)19(7-1)27(17)31-25;1-3-17-29-23(11-1)21-9-5-7-19-13-15-25(31-27(19)21)26-16-14-20-8-6-10-22(28(20)32-26)24-12-2-4-18-30-24/h1-16H;1-18H. The lowest BCUT2D eigenvalue weighted by molar-refractivity contribution is 1.29. The molecule has 0 fully saturated rings. The minimum Gasteiger partial charge on any atom is -0.256 e. The summed E-state index contributed by atoms with van der Waals surface area (Å²) in [5.41, 5.74) is 14.3. The van der Waals surface area contributed by atoms with Crippen molar-refractivity contribution in [1.29, 1.82) is 0 Å². The Morgan fingerprint density at radius 3 is 1.06 bits per heavy atom. The summed E-state index contributed by atoms with van der Waals surface area (Å²) in [6.45, 7) is 0. The molecule has 4 aromatic carbocycles. The normalized spacial score (nSPS) is 11.4. The zero-order valence-corrected chi connectivity index (χ0v) is 34.2. The third-order valence-corrected chi connectivity index (χ3v) is 11.6. The van der Waals surface area contributed by atoms with Gasteiger partial charge in [-0.1, -0.05) is 121 Å². The lowest BCUT2D eigenvalue weighted by Gasteiger charge is -2.10. The van der Waals surface area contributed by atoms with Gasteiger partial charge in [0.2, 0.25) is 0 Å². The maximum Gasteiger partial charge on any atom is 0.0894 e. The maximum atomic E-state index is 5.04. The molecule has 0 amide bonds. The van der Waals surface area contributed by atoms with Gasteiger partial charge >= 0.3 is 0 Å². The second kappa shape index (κ2) is 15.5. The van der Waals surface area contributed by atoms with Crippen molar-refractivity contribution in [1.82, 2.24) is 39.9 Å². The van der Waals surface area contributed by atoms with Gasteiger partial charge in [-0.3, -0.25) is 9.97 Å². The van der Waals surface area contributed by atoms with Crippen LogP contribution in [0.2, 0.25) is 0 Å². The molecule has 9 heterocycles. The molecule has 0 unspecified atom stereocenters. The largest absolute Gasteiger partial charge is 0.256 e. The van der Waals surface area contributed by atoms with E-state index in [1.54, 1.807) is 0 Å². The molecule has 0 saturated heterocycles. The summed E-state index contributed by atoms with van der Waals surface area (Å²) in [5.74, 6) is 0. The Labute approximate surface area is 366 Å². The van der Waals surface area contributed by atoms with E-state index in [1.807, 2.05) is 122 Å². The van der Waals surface area contributed by atoms with Crippen molar-refractivity contribution in [2.75, 3.05) is 0 Å². The predicted molar refractivity (Wildman–Crippen MR) is 260 cm³/mol. The summed E-state index contributed by atoms with van der Waals surface area (Å²) in [5, 5.41) is 6.31. The van der Waals surface area contributed by atoms with Gasteiger partial charge in [0.1, 0.15) is 0 Å². The molecule has 0 aliphatic heterocycles. The summed E-state index contributed by atoms with van der Waals surface area (Å²) in [6.07, 6.45) is 3.62. The van der Waals surface area contributed by atoms with Crippen LogP contribution in [0, 0.1) is 0 Å². The van der Waals surface area contributed by atoms with E-state index in [4.69, 9.17) is 29.9 Å². The molecule has 8 nitrogen and oxygen atoms in total. The Balaban J connectivity index is 0.000000135. The van der Waals surface area contributed by atoms with Crippen LogP contribution in [0.15, 0.2) is 207 Å². The highest BCUT2D eigenvalue weighted by atomic mass is 14.8. The number of nitrogens with zero attached hydrogens (tertiary/aromatic N) is 8. The second-order valence-corrected chi connectivity index (χ2v) is 15.5. The summed E-state index contributed by atoms with van der Waals surface area (Å²) >= 11 is 0. The van der Waals surface area contributed by atoms with Gasteiger partial charge in [-0.2, -0.15) is 0 Å². The van der Waals surface area contributed by atoms with Crippen LogP contribution in [0.25, 0.3) is 121 Å². The first-order valence-electron chi connectivity index (χ1n) is 21.1. The smallest absolute Gasteiger partial charge is 0.0894 e. The highest BCUT2D eigenvalue weighted by molar-refractivity contribution is 6.07. The Kier molecular flexibility index (Phi) is 8.97. The molecule has 8 heteroatoms. The van der Waals surface area contributed by atoms with Crippen molar-refractivity contribution in [2.24, 2.45) is 0 Å². The number of benzene rings is 4. The first-order valence-corrected chi connectivity index (χ1v) is 21.1. The molecule has 9 aromatic heterocycles. The Hall–Kier alpha value is -8.88. The third kappa shape index (κ3) is 6.67. The fraction of sp³-hybridized carbons (Fsp3) is 0. The van der Waals surface area contributed by atoms with Crippen LogP contribution in [-0.4, -0.2) is 39.9 Å². The van der Waals surface area contributed by atoms with Crippen molar-refractivity contribution in [3.8, 4) is 33.9 Å². The van der Waals surface area contributed by atoms with Crippen LogP contribution in [0.4, 0.5) is 0 Å². The second-order valence-electron chi connectivity index (χ2n) is 15.5. The van der Waals surface area contributed by atoms with Crippen LogP contribution in [0.5, 0.6) is 0 Å². The fourth-order valence-corrected chi connectivity index (χ4v) is 8.48. The number of para-hydroxylation sites is 4. The molecule has 13 rings (SSSR count). The Bertz CT molecular complexity index is 3710. The maximum absolute atomic E-state index is 5.04. The molecule has 13 aromatic rings. The number of hydrogen-bond donors (Lipinski definition) is 0. The monoisotopic (exact) mass is 818 g/mol. The van der Waals surface area contributed by atoms with Crippen LogP contribution < -0.4 is 0 Å². The molecule has 0 N–H and O–H groups in total. The fourth-order valence-electron chi connectivity index (χ4n) is 8.48. The molecule has 64 heavy (non-hydrogen) atoms. The molecule has 0 radical (unpaired) electrons. The van der Waals surface area contributed by atoms with Crippen LogP contribution in [0.1, 0.15) is 0 Å². The molecule has 8 bridgehead atoms. The summed E-state index contributed by atoms with van der Waals surface area (Å²) in [6, 6.07) is 65.3. The molecule has 0 atom stereocenters. The number of hydrogen-bond acceptors (Lipinski definition) is 8. The van der Waals surface area contributed by atoms with Gasteiger partial charge in [0.25, 0.3) is 0 Å². The van der Waals surface area contributed by atoms with Gasteiger partial charge < -0.3 is 0 Å². The Morgan fingerprint density at radius 2 is 0.609 bits per heavy atom. The third-order valence-electron chi connectivity index (χ3n) is 11.6. The minimum absolute atomic E-state index is 0.832. The number of aromatic nitrogens is 8. The lowest BCUT2D eigenvalue weighted by Crippen LogP contribution is -1.93. The van der Waals surface area contributed by atoms with Crippen LogP contribution in [-0.2, 0) is 0 Å². The van der Waals surface area contributed by atoms with Crippen molar-refractivity contribution in [3.63, 3.8) is 0 Å². The van der Waals surface area contributed by atoms with Gasteiger partial charge in [0, 0.05) is 55.8 Å². The topological polar surface area (TPSA) is 103 Å². The molecule has 0 saturated carbocycles. The van der Waals surface area contributed by atoms with Gasteiger partial charge in [0.05, 0.1) is 77.9 Å². The average molecular weight is 819 g/mol. The van der Waals surface area contributed by atoms with Crippen molar-refractivity contribution in [2.45, 2.75) is 0 Å². The van der Waals surface area contributed by atoms with E-state index < -0.39 is 0 Å².